The van der Waals surface area contributed by atoms with E-state index in [2.05, 4.69) is 0 Å². The summed E-state index contributed by atoms with van der Waals surface area (Å²) in [7, 11) is 0. The van der Waals surface area contributed by atoms with Crippen LogP contribution in [0.3, 0.4) is 0 Å². The van der Waals surface area contributed by atoms with Crippen LogP contribution in [0.1, 0.15) is 45.5 Å². The molecule has 0 saturated carbocycles. The molecule has 3 aromatic carbocycles. The Morgan fingerprint density at radius 1 is 0.860 bits per heavy atom. The van der Waals surface area contributed by atoms with Crippen LogP contribution in [0.5, 0.6) is 11.5 Å². The zero-order valence-electron chi connectivity index (χ0n) is 25.9. The van der Waals surface area contributed by atoms with Gasteiger partial charge in [-0.05, 0) is 66.9 Å². The highest BCUT2D eigenvalue weighted by Crippen LogP contribution is 2.37. The highest BCUT2D eigenvalue weighted by atomic mass is 35.5. The normalized spacial score (nSPS) is 15.8. The Hall–Kier alpha value is -4.76. The van der Waals surface area contributed by atoms with Gasteiger partial charge in [-0.25, -0.2) is 0 Å². The van der Waals surface area contributed by atoms with Crippen molar-refractivity contribution in [2.24, 2.45) is 0 Å². The Kier molecular flexibility index (Phi) is 9.73. The number of hydrogen-bond donors (Lipinski definition) is 0. The largest absolute Gasteiger partial charge is 0.464 e. The van der Waals surface area contributed by atoms with Crippen LogP contribution >= 0.6 is 11.6 Å². The lowest BCUT2D eigenvalue weighted by Gasteiger charge is -2.29. The molecule has 50 heavy (non-hydrogen) atoms. The zero-order chi connectivity index (χ0) is 35.8. The number of carbonyl (C=O) groups excluding carboxylic acids is 2. The number of amides is 2. The first-order chi connectivity index (χ1) is 23.7. The molecule has 0 spiro atoms. The summed E-state index contributed by atoms with van der Waals surface area (Å²) in [5.41, 5.74) is -3.94. The minimum Gasteiger partial charge on any atom is -0.464 e. The van der Waals surface area contributed by atoms with E-state index in [0.29, 0.717) is 48.6 Å². The van der Waals surface area contributed by atoms with Crippen molar-refractivity contribution < 1.29 is 54.6 Å². The number of benzene rings is 3. The lowest BCUT2D eigenvalue weighted by molar-refractivity contribution is -0.143. The summed E-state index contributed by atoms with van der Waals surface area (Å²) in [5.74, 6) is -1.16. The molecule has 0 aliphatic carbocycles. The SMILES string of the molecule is O=C(CN(CC1CCCO1)C(=O)c1cc(C(F)(F)F)cc(C(F)(F)F)c1)N(Cc1ccc2c(c1)OCO2)Cc1coc2ccc(Cl)cc2c1=O. The summed E-state index contributed by atoms with van der Waals surface area (Å²) in [6.45, 7) is -1.26. The van der Waals surface area contributed by atoms with Crippen LogP contribution in [0, 0.1) is 0 Å². The van der Waals surface area contributed by atoms with Gasteiger partial charge in [-0.1, -0.05) is 17.7 Å². The summed E-state index contributed by atoms with van der Waals surface area (Å²) < 4.78 is 104. The molecule has 2 aliphatic rings. The third-order valence-corrected chi connectivity index (χ3v) is 8.46. The highest BCUT2D eigenvalue weighted by molar-refractivity contribution is 6.31. The fourth-order valence-corrected chi connectivity index (χ4v) is 5.90. The van der Waals surface area contributed by atoms with E-state index in [-0.39, 0.29) is 54.0 Å². The van der Waals surface area contributed by atoms with E-state index >= 15 is 0 Å². The van der Waals surface area contributed by atoms with E-state index in [1.54, 1.807) is 18.2 Å². The van der Waals surface area contributed by atoms with Gasteiger partial charge in [0.15, 0.2) is 16.9 Å². The number of rotatable bonds is 9. The molecule has 0 bridgehead atoms. The van der Waals surface area contributed by atoms with Gasteiger partial charge in [-0.2, -0.15) is 26.3 Å². The molecule has 1 aromatic heterocycles. The summed E-state index contributed by atoms with van der Waals surface area (Å²) in [4.78, 5) is 43.4. The van der Waals surface area contributed by atoms with Gasteiger partial charge >= 0.3 is 12.4 Å². The second-order valence-corrected chi connectivity index (χ2v) is 12.2. The van der Waals surface area contributed by atoms with Crippen molar-refractivity contribution in [3.63, 3.8) is 0 Å². The van der Waals surface area contributed by atoms with Crippen molar-refractivity contribution in [2.45, 2.75) is 44.4 Å². The Morgan fingerprint density at radius 3 is 2.26 bits per heavy atom. The van der Waals surface area contributed by atoms with Gasteiger partial charge in [0.1, 0.15) is 12.1 Å². The summed E-state index contributed by atoms with van der Waals surface area (Å²) >= 11 is 6.09. The predicted molar refractivity (Wildman–Crippen MR) is 166 cm³/mol. The summed E-state index contributed by atoms with van der Waals surface area (Å²) in [6.07, 6.45) is -8.80. The quantitative estimate of drug-likeness (QED) is 0.171. The van der Waals surface area contributed by atoms with Crippen LogP contribution < -0.4 is 14.9 Å². The molecule has 16 heteroatoms. The van der Waals surface area contributed by atoms with E-state index in [0.717, 1.165) is 4.90 Å². The molecule has 0 radical (unpaired) electrons. The number of nitrogens with zero attached hydrogens (tertiary/aromatic N) is 2. The van der Waals surface area contributed by atoms with Crippen molar-refractivity contribution in [1.29, 1.82) is 0 Å². The van der Waals surface area contributed by atoms with Crippen molar-refractivity contribution in [3.05, 3.63) is 104 Å². The van der Waals surface area contributed by atoms with Gasteiger partial charge < -0.3 is 28.4 Å². The van der Waals surface area contributed by atoms with Gasteiger partial charge in [0.05, 0.1) is 41.0 Å². The maximum atomic E-state index is 14.1. The molecule has 1 unspecified atom stereocenters. The minimum absolute atomic E-state index is 0.0198. The van der Waals surface area contributed by atoms with Gasteiger partial charge in [0.25, 0.3) is 5.91 Å². The summed E-state index contributed by atoms with van der Waals surface area (Å²) in [6, 6.07) is 9.88. The van der Waals surface area contributed by atoms with E-state index in [1.807, 2.05) is 0 Å². The van der Waals surface area contributed by atoms with Crippen LogP contribution in [0.25, 0.3) is 11.0 Å². The van der Waals surface area contributed by atoms with Crippen LogP contribution in [-0.4, -0.2) is 54.2 Å². The molecule has 1 fully saturated rings. The number of fused-ring (bicyclic) bond motifs is 2. The maximum Gasteiger partial charge on any atom is 0.416 e. The first-order valence-electron chi connectivity index (χ1n) is 15.2. The number of ether oxygens (including phenoxy) is 3. The molecule has 3 heterocycles. The van der Waals surface area contributed by atoms with E-state index < -0.39 is 58.9 Å². The number of hydrogen-bond acceptors (Lipinski definition) is 7. The molecule has 0 N–H and O–H groups in total. The lowest BCUT2D eigenvalue weighted by Crippen LogP contribution is -2.45. The highest BCUT2D eigenvalue weighted by Gasteiger charge is 2.38. The van der Waals surface area contributed by atoms with Crippen LogP contribution in [-0.2, 0) is 35.0 Å². The molecular weight excluding hydrogens is 698 g/mol. The van der Waals surface area contributed by atoms with E-state index in [4.69, 9.17) is 30.2 Å². The molecule has 264 valence electrons. The average Bonchev–Trinajstić information content (AvgIpc) is 3.76. The smallest absolute Gasteiger partial charge is 0.416 e. The first kappa shape index (κ1) is 35.1. The Bertz CT molecular complexity index is 1960. The Labute approximate surface area is 284 Å². The van der Waals surface area contributed by atoms with Crippen LogP contribution in [0.2, 0.25) is 5.02 Å². The molecule has 6 rings (SSSR count). The fourth-order valence-electron chi connectivity index (χ4n) is 5.73. The molecule has 1 atom stereocenters. The zero-order valence-corrected chi connectivity index (χ0v) is 26.7. The number of halogens is 7. The maximum absolute atomic E-state index is 14.1. The van der Waals surface area contributed by atoms with Gasteiger partial charge in [-0.15, -0.1) is 0 Å². The molecule has 4 aromatic rings. The monoisotopic (exact) mass is 724 g/mol. The van der Waals surface area contributed by atoms with Gasteiger partial charge in [0, 0.05) is 30.3 Å². The topological polar surface area (TPSA) is 98.5 Å². The van der Waals surface area contributed by atoms with Crippen molar-refractivity contribution in [3.8, 4) is 11.5 Å². The second-order valence-electron chi connectivity index (χ2n) is 11.8. The average molecular weight is 725 g/mol. The third-order valence-electron chi connectivity index (χ3n) is 8.23. The summed E-state index contributed by atoms with van der Waals surface area (Å²) in [5, 5.41) is 0.410. The van der Waals surface area contributed by atoms with E-state index in [9.17, 15) is 40.7 Å². The third kappa shape index (κ3) is 7.83. The second kappa shape index (κ2) is 13.9. The van der Waals surface area contributed by atoms with Crippen molar-refractivity contribution in [2.75, 3.05) is 26.5 Å². The van der Waals surface area contributed by atoms with Crippen LogP contribution in [0.4, 0.5) is 26.3 Å². The molecule has 2 amide bonds. The fraction of sp³-hybridized carbons (Fsp3) is 0.324. The Balaban J connectivity index is 1.36. The number of carbonyl (C=O) groups is 2. The molecule has 1 saturated heterocycles. The van der Waals surface area contributed by atoms with E-state index in [1.165, 1.54) is 29.4 Å². The minimum atomic E-state index is -5.20. The van der Waals surface area contributed by atoms with Crippen molar-refractivity contribution >= 4 is 34.4 Å². The van der Waals surface area contributed by atoms with Crippen LogP contribution in [0.15, 0.2) is 70.1 Å². The molecule has 2 aliphatic heterocycles. The van der Waals surface area contributed by atoms with Gasteiger partial charge in [-0.3, -0.25) is 14.4 Å². The Morgan fingerprint density at radius 2 is 1.58 bits per heavy atom. The lowest BCUT2D eigenvalue weighted by atomic mass is 10.0. The number of alkyl halides is 6. The molecule has 9 nitrogen and oxygen atoms in total. The standard InChI is InChI=1S/C34H27ClF6N2O7/c35-24-4-6-27-26(12-24)31(45)21(17-48-27)14-42(13-19-3-5-28-29(8-19)50-18-49-28)30(44)16-43(15-25-2-1-7-47-25)32(46)20-9-22(33(36,37)38)11-23(10-20)34(39,40)41/h3-6,8-12,17,25H,1-2,7,13-16,18H2. The molecular formula is C34H27ClF6N2O7. The van der Waals surface area contributed by atoms with Gasteiger partial charge in [0.2, 0.25) is 12.7 Å². The van der Waals surface area contributed by atoms with Crippen molar-refractivity contribution in [1.82, 2.24) is 9.80 Å². The first-order valence-corrected chi connectivity index (χ1v) is 15.6. The predicted octanol–water partition coefficient (Wildman–Crippen LogP) is 7.06.